The van der Waals surface area contributed by atoms with Crippen LogP contribution in [0.15, 0.2) is 60.9 Å². The lowest BCUT2D eigenvalue weighted by Crippen LogP contribution is -2.36. The molecule has 1 saturated heterocycles. The normalized spacial score (nSPS) is 13.9. The van der Waals surface area contributed by atoms with Crippen LogP contribution in [0.5, 0.6) is 11.5 Å². The summed E-state index contributed by atoms with van der Waals surface area (Å²) in [5.74, 6) is 0.447. The van der Waals surface area contributed by atoms with Gasteiger partial charge < -0.3 is 24.4 Å². The smallest absolute Gasteiger partial charge is 0.320 e. The fourth-order valence-corrected chi connectivity index (χ4v) is 4.86. The lowest BCUT2D eigenvalue weighted by Gasteiger charge is -2.27. The van der Waals surface area contributed by atoms with Gasteiger partial charge in [-0.15, -0.1) is 0 Å². The number of urea groups is 1. The number of hydrogen-bond donors (Lipinski definition) is 1. The van der Waals surface area contributed by atoms with Gasteiger partial charge in [0.2, 0.25) is 0 Å². The van der Waals surface area contributed by atoms with Gasteiger partial charge in [-0.25, -0.2) is 4.79 Å². The number of methoxy groups -OCH3 is 1. The number of hydrogen-bond acceptors (Lipinski definition) is 6. The molecule has 9 heteroatoms. The fraction of sp³-hybridized carbons (Fsp3) is 0.400. The zero-order valence-electron chi connectivity index (χ0n) is 22.6. The highest BCUT2D eigenvalue weighted by Gasteiger charge is 2.35. The van der Waals surface area contributed by atoms with Crippen LogP contribution in [0.1, 0.15) is 48.3 Å². The van der Waals surface area contributed by atoms with Gasteiger partial charge in [-0.05, 0) is 74.1 Å². The van der Waals surface area contributed by atoms with Crippen LogP contribution in [0.4, 0.5) is 4.79 Å². The SMILES string of the molecule is CCOc1cncc([C@H](CC(=O)O)N2CCN(CCCc3cccc(CCc4ccc(OC)cc4)n3)C2=O)c1. The van der Waals surface area contributed by atoms with Crippen molar-refractivity contribution in [1.29, 1.82) is 0 Å². The molecule has 1 aliphatic heterocycles. The molecule has 0 aliphatic carbocycles. The van der Waals surface area contributed by atoms with E-state index in [4.69, 9.17) is 14.5 Å². The first-order valence-electron chi connectivity index (χ1n) is 13.4. The van der Waals surface area contributed by atoms with Crippen LogP contribution < -0.4 is 9.47 Å². The number of ether oxygens (including phenoxy) is 2. The number of benzene rings is 1. The third-order valence-electron chi connectivity index (χ3n) is 6.86. The summed E-state index contributed by atoms with van der Waals surface area (Å²) in [4.78, 5) is 37.3. The summed E-state index contributed by atoms with van der Waals surface area (Å²) in [5, 5.41) is 9.53. The van der Waals surface area contributed by atoms with E-state index in [-0.39, 0.29) is 12.5 Å². The van der Waals surface area contributed by atoms with Gasteiger partial charge in [0, 0.05) is 37.2 Å². The first-order valence-corrected chi connectivity index (χ1v) is 13.4. The Balaban J connectivity index is 1.31. The minimum atomic E-state index is -0.967. The van der Waals surface area contributed by atoms with Crippen LogP contribution in [-0.2, 0) is 24.1 Å². The second kappa shape index (κ2) is 13.6. The summed E-state index contributed by atoms with van der Waals surface area (Å²) in [6.07, 6.45) is 6.30. The van der Waals surface area contributed by atoms with E-state index in [0.29, 0.717) is 37.6 Å². The Hall–Kier alpha value is -4.14. The fourth-order valence-electron chi connectivity index (χ4n) is 4.86. The molecule has 0 unspecified atom stereocenters. The molecule has 1 aromatic carbocycles. The first-order chi connectivity index (χ1) is 19.0. The van der Waals surface area contributed by atoms with E-state index in [1.165, 1.54) is 5.56 Å². The van der Waals surface area contributed by atoms with E-state index in [1.54, 1.807) is 35.4 Å². The van der Waals surface area contributed by atoms with Crippen molar-refractivity contribution in [1.82, 2.24) is 19.8 Å². The molecule has 206 valence electrons. The molecule has 9 nitrogen and oxygen atoms in total. The highest BCUT2D eigenvalue weighted by molar-refractivity contribution is 5.78. The third-order valence-corrected chi connectivity index (χ3v) is 6.86. The van der Waals surface area contributed by atoms with Crippen molar-refractivity contribution in [3.8, 4) is 11.5 Å². The van der Waals surface area contributed by atoms with Crippen LogP contribution in [0, 0.1) is 0 Å². The average molecular weight is 533 g/mol. The molecule has 39 heavy (non-hydrogen) atoms. The molecule has 2 amide bonds. The van der Waals surface area contributed by atoms with Crippen molar-refractivity contribution in [2.45, 2.75) is 45.1 Å². The summed E-state index contributed by atoms with van der Waals surface area (Å²) >= 11 is 0. The zero-order chi connectivity index (χ0) is 27.6. The molecule has 3 aromatic rings. The topological polar surface area (TPSA) is 105 Å². The van der Waals surface area contributed by atoms with E-state index in [2.05, 4.69) is 17.1 Å². The Labute approximate surface area is 229 Å². The van der Waals surface area contributed by atoms with Crippen molar-refractivity contribution >= 4 is 12.0 Å². The largest absolute Gasteiger partial charge is 0.497 e. The van der Waals surface area contributed by atoms with Crippen LogP contribution in [0.3, 0.4) is 0 Å². The summed E-state index contributed by atoms with van der Waals surface area (Å²) < 4.78 is 10.8. The number of pyridine rings is 2. The molecule has 0 saturated carbocycles. The van der Waals surface area contributed by atoms with Gasteiger partial charge in [-0.1, -0.05) is 18.2 Å². The zero-order valence-corrected chi connectivity index (χ0v) is 22.6. The number of carbonyl (C=O) groups excluding carboxylic acids is 1. The van der Waals surface area contributed by atoms with Crippen molar-refractivity contribution < 1.29 is 24.2 Å². The highest BCUT2D eigenvalue weighted by Crippen LogP contribution is 2.30. The van der Waals surface area contributed by atoms with E-state index in [0.717, 1.165) is 42.8 Å². The van der Waals surface area contributed by atoms with Gasteiger partial charge >= 0.3 is 12.0 Å². The van der Waals surface area contributed by atoms with Gasteiger partial charge in [0.05, 0.1) is 32.4 Å². The van der Waals surface area contributed by atoms with Crippen molar-refractivity contribution in [2.75, 3.05) is 33.4 Å². The van der Waals surface area contributed by atoms with Gasteiger partial charge in [0.15, 0.2) is 0 Å². The monoisotopic (exact) mass is 532 g/mol. The Kier molecular flexibility index (Phi) is 9.72. The van der Waals surface area contributed by atoms with Crippen LogP contribution in [-0.4, -0.2) is 70.2 Å². The number of nitrogens with zero attached hydrogens (tertiary/aromatic N) is 4. The molecular weight excluding hydrogens is 496 g/mol. The summed E-state index contributed by atoms with van der Waals surface area (Å²) in [6, 6.07) is 15.2. The minimum absolute atomic E-state index is 0.149. The number of amides is 2. The van der Waals surface area contributed by atoms with Crippen molar-refractivity contribution in [3.05, 3.63) is 83.4 Å². The minimum Gasteiger partial charge on any atom is -0.497 e. The number of aryl methyl sites for hydroxylation is 3. The molecule has 2 aromatic heterocycles. The number of aromatic nitrogens is 2. The lowest BCUT2D eigenvalue weighted by molar-refractivity contribution is -0.138. The van der Waals surface area contributed by atoms with E-state index in [1.807, 2.05) is 37.3 Å². The van der Waals surface area contributed by atoms with E-state index < -0.39 is 12.0 Å². The Morgan fingerprint density at radius 1 is 1.03 bits per heavy atom. The van der Waals surface area contributed by atoms with Gasteiger partial charge in [0.25, 0.3) is 0 Å². The summed E-state index contributed by atoms with van der Waals surface area (Å²) in [6.45, 7) is 3.96. The maximum Gasteiger partial charge on any atom is 0.320 e. The Bertz CT molecular complexity index is 1250. The van der Waals surface area contributed by atoms with E-state index >= 15 is 0 Å². The maximum atomic E-state index is 13.3. The molecule has 1 N–H and O–H groups in total. The molecule has 4 rings (SSSR count). The number of rotatable bonds is 14. The summed E-state index contributed by atoms with van der Waals surface area (Å²) in [5.41, 5.74) is 3.95. The van der Waals surface area contributed by atoms with Gasteiger partial charge in [-0.2, -0.15) is 0 Å². The van der Waals surface area contributed by atoms with E-state index in [9.17, 15) is 14.7 Å². The number of carboxylic acid groups (broad SMARTS) is 1. The Morgan fingerprint density at radius 2 is 1.79 bits per heavy atom. The predicted molar refractivity (Wildman–Crippen MR) is 147 cm³/mol. The molecule has 0 spiro atoms. The third kappa shape index (κ3) is 7.69. The Morgan fingerprint density at radius 3 is 2.51 bits per heavy atom. The molecule has 1 aliphatic rings. The summed E-state index contributed by atoms with van der Waals surface area (Å²) in [7, 11) is 1.66. The van der Waals surface area contributed by atoms with Crippen LogP contribution in [0.2, 0.25) is 0 Å². The van der Waals surface area contributed by atoms with Gasteiger partial charge in [0.1, 0.15) is 11.5 Å². The van der Waals surface area contributed by atoms with Gasteiger partial charge in [-0.3, -0.25) is 14.8 Å². The van der Waals surface area contributed by atoms with Crippen LogP contribution in [0.25, 0.3) is 0 Å². The van der Waals surface area contributed by atoms with Crippen molar-refractivity contribution in [2.24, 2.45) is 0 Å². The second-order valence-corrected chi connectivity index (χ2v) is 9.54. The number of carboxylic acids is 1. The molecule has 1 atom stereocenters. The molecule has 3 heterocycles. The van der Waals surface area contributed by atoms with Crippen molar-refractivity contribution in [3.63, 3.8) is 0 Å². The molecule has 0 bridgehead atoms. The number of carbonyl (C=O) groups is 2. The average Bonchev–Trinajstić information content (AvgIpc) is 3.31. The standard InChI is InChI=1S/C30H36N4O5/c1-3-39-27-18-23(20-31-21-27)28(19-29(35)36)34-17-16-33(30(34)37)15-5-8-24-6-4-7-25(32-24)12-9-22-10-13-26(38-2)14-11-22/h4,6-7,10-11,13-14,18,20-21,28H,3,5,8-9,12,15-17,19H2,1-2H3,(H,35,36)/t28-/m0/s1. The van der Waals surface area contributed by atoms with Crippen LogP contribution >= 0.6 is 0 Å². The predicted octanol–water partition coefficient (Wildman–Crippen LogP) is 4.56. The first kappa shape index (κ1) is 27.9. The quantitative estimate of drug-likeness (QED) is 0.325. The molecular formula is C30H36N4O5. The maximum absolute atomic E-state index is 13.3. The molecule has 1 fully saturated rings. The highest BCUT2D eigenvalue weighted by atomic mass is 16.5. The second-order valence-electron chi connectivity index (χ2n) is 9.54. The lowest BCUT2D eigenvalue weighted by atomic mass is 10.0. The number of aliphatic carboxylic acids is 1. The molecule has 0 radical (unpaired) electrons.